The molecule has 3 aromatic carbocycles. The molecule has 0 radical (unpaired) electrons. The van der Waals surface area contributed by atoms with Crippen molar-refractivity contribution in [2.24, 2.45) is 0 Å². The van der Waals surface area contributed by atoms with Crippen LogP contribution in [0.1, 0.15) is 84.2 Å². The molecule has 18 heteroatoms. The van der Waals surface area contributed by atoms with Crippen LogP contribution in [0.2, 0.25) is 0 Å². The van der Waals surface area contributed by atoms with Crippen LogP contribution in [-0.4, -0.2) is 106 Å². The van der Waals surface area contributed by atoms with Crippen molar-refractivity contribution in [1.82, 2.24) is 10.6 Å². The predicted molar refractivity (Wildman–Crippen MR) is 227 cm³/mol. The third-order valence-corrected chi connectivity index (χ3v) is 11.3. The average molecular weight is 873 g/mol. The van der Waals surface area contributed by atoms with Gasteiger partial charge in [0.05, 0.1) is 54.1 Å². The number of fused-ring (bicyclic) bond motifs is 2. The average Bonchev–Trinajstić information content (AvgIpc) is 3.15. The number of carboxylic acids is 1. The molecule has 0 bridgehead atoms. The van der Waals surface area contributed by atoms with Gasteiger partial charge in [-0.1, -0.05) is 12.1 Å². The van der Waals surface area contributed by atoms with E-state index in [1.165, 1.54) is 0 Å². The van der Waals surface area contributed by atoms with E-state index in [2.05, 4.69) is 10.6 Å². The van der Waals surface area contributed by atoms with Gasteiger partial charge in [-0.2, -0.15) is 13.0 Å². The van der Waals surface area contributed by atoms with Crippen molar-refractivity contribution in [2.75, 3.05) is 44.9 Å². The number of benzene rings is 3. The van der Waals surface area contributed by atoms with Gasteiger partial charge < -0.3 is 34.2 Å². The number of carboxylic acid groups (broad SMARTS) is 1. The third-order valence-electron chi connectivity index (χ3n) is 9.90. The van der Waals surface area contributed by atoms with Crippen molar-refractivity contribution < 1.29 is 64.5 Å². The molecule has 5 N–H and O–H groups in total. The number of aryl methyl sites for hydroxylation is 3. The highest BCUT2D eigenvalue weighted by Gasteiger charge is 2.28. The topological polar surface area (TPSA) is 227 Å². The summed E-state index contributed by atoms with van der Waals surface area (Å²) in [5.74, 6) is -1.84. The molecule has 4 rings (SSSR count). The molecule has 0 aliphatic heterocycles. The van der Waals surface area contributed by atoms with Crippen molar-refractivity contribution >= 4 is 66.8 Å². The lowest BCUT2D eigenvalue weighted by molar-refractivity contribution is -0.911. The van der Waals surface area contributed by atoms with E-state index >= 15 is 0 Å². The van der Waals surface area contributed by atoms with Crippen molar-refractivity contribution in [1.29, 1.82) is 0 Å². The monoisotopic (exact) mass is 872 g/mol. The molecule has 0 saturated heterocycles. The number of esters is 1. The summed E-state index contributed by atoms with van der Waals surface area (Å²) in [5, 5.41) is 15.7. The van der Waals surface area contributed by atoms with Crippen LogP contribution in [-0.2, 0) is 37.3 Å². The Morgan fingerprint density at radius 3 is 2.20 bits per heavy atom. The summed E-state index contributed by atoms with van der Waals surface area (Å²) in [5.41, 5.74) is 3.11. The highest BCUT2D eigenvalue weighted by Crippen LogP contribution is 2.32. The zero-order chi connectivity index (χ0) is 44.2. The first kappa shape index (κ1) is 47.7. The van der Waals surface area contributed by atoms with E-state index in [1.807, 2.05) is 61.9 Å². The second-order valence-electron chi connectivity index (χ2n) is 15.4. The summed E-state index contributed by atoms with van der Waals surface area (Å²) >= 11 is -1.96. The van der Waals surface area contributed by atoms with Gasteiger partial charge in [0, 0.05) is 56.3 Å². The maximum atomic E-state index is 14.4. The SMILES string of the molecule is Cc1cc(C(=O)NC[N+](C)(CCCNC(=O)CCCC(=O)O)CCCS(=O)(=O)O)cc(C)c1OC(=O)c1c2ccccc2[n+](CCCS(=O)O)c2ccc(OC(C)C)cc12. The summed E-state index contributed by atoms with van der Waals surface area (Å²) in [6.07, 6.45) is 1.07. The number of carbonyl (C=O) groups is 4. The Hall–Kier alpha value is -5.01. The molecule has 16 nitrogen and oxygen atoms in total. The largest absolute Gasteiger partial charge is 0.491 e. The molecular formula is C42H56N4O12S2+2. The summed E-state index contributed by atoms with van der Waals surface area (Å²) in [7, 11) is -2.38. The molecule has 0 aliphatic carbocycles. The highest BCUT2D eigenvalue weighted by molar-refractivity contribution is 7.85. The first-order valence-electron chi connectivity index (χ1n) is 19.8. The number of aromatic nitrogens is 1. The normalized spacial score (nSPS) is 13.2. The standard InChI is InChI=1S/C42H54N4O12S2/c1-28(2)57-32-16-17-36-34(26-32)39(33-12-6-7-13-35(33)45(36)19-10-22-59(52)53)42(51)58-40-29(3)24-31(25-30(40)4)41(50)44-27-46(5,21-11-23-60(54,55)56)20-9-18-43-37(47)14-8-15-38(48)49/h6-7,12-13,16-17,24-26,28H,8-11,14-15,18-23,27H2,1-5H3,(H3-2,43,44,47,48,49,50,52,53,54,55,56)/p+2. The Morgan fingerprint density at radius 2 is 1.55 bits per heavy atom. The summed E-state index contributed by atoms with van der Waals surface area (Å²) < 4.78 is 67.5. The van der Waals surface area contributed by atoms with E-state index in [1.54, 1.807) is 32.0 Å². The number of carbonyl (C=O) groups excluding carboxylic acids is 3. The van der Waals surface area contributed by atoms with E-state index in [0.717, 1.165) is 5.52 Å². The number of nitrogens with zero attached hydrogens (tertiary/aromatic N) is 2. The molecule has 1 aromatic heterocycles. The van der Waals surface area contributed by atoms with E-state index in [9.17, 15) is 40.9 Å². The number of amides is 2. The molecule has 4 aromatic rings. The Morgan fingerprint density at radius 1 is 0.883 bits per heavy atom. The molecule has 0 saturated carbocycles. The molecular weight excluding hydrogens is 817 g/mol. The fraction of sp³-hybridized carbons (Fsp3) is 0.452. The van der Waals surface area contributed by atoms with Crippen LogP contribution in [0.25, 0.3) is 21.8 Å². The Kier molecular flexibility index (Phi) is 17.1. The Bertz CT molecular complexity index is 2330. The minimum absolute atomic E-state index is 0.0762. The number of pyridine rings is 1. The second kappa shape index (κ2) is 21.5. The van der Waals surface area contributed by atoms with Crippen LogP contribution < -0.4 is 24.7 Å². The highest BCUT2D eigenvalue weighted by atomic mass is 32.2. The summed E-state index contributed by atoms with van der Waals surface area (Å²) in [6, 6.07) is 16.1. The quantitative estimate of drug-likeness (QED) is 0.00788. The van der Waals surface area contributed by atoms with E-state index in [4.69, 9.17) is 14.6 Å². The zero-order valence-corrected chi connectivity index (χ0v) is 36.3. The fourth-order valence-corrected chi connectivity index (χ4v) is 7.99. The van der Waals surface area contributed by atoms with E-state index in [-0.39, 0.29) is 66.9 Å². The molecule has 0 aliphatic rings. The molecule has 2 atom stereocenters. The van der Waals surface area contributed by atoms with Gasteiger partial charge in [0.15, 0.2) is 24.3 Å². The minimum Gasteiger partial charge on any atom is -0.491 e. The van der Waals surface area contributed by atoms with Crippen LogP contribution in [0.4, 0.5) is 0 Å². The Labute approximate surface area is 352 Å². The first-order chi connectivity index (χ1) is 28.3. The minimum atomic E-state index is -4.20. The van der Waals surface area contributed by atoms with E-state index < -0.39 is 44.8 Å². The lowest BCUT2D eigenvalue weighted by Gasteiger charge is -2.34. The van der Waals surface area contributed by atoms with Crippen LogP contribution in [0, 0.1) is 13.8 Å². The van der Waals surface area contributed by atoms with Gasteiger partial charge >= 0.3 is 11.9 Å². The lowest BCUT2D eigenvalue weighted by Crippen LogP contribution is -2.53. The Balaban J connectivity index is 1.56. The summed E-state index contributed by atoms with van der Waals surface area (Å²) in [4.78, 5) is 50.8. The number of quaternary nitrogens is 1. The van der Waals surface area contributed by atoms with Crippen molar-refractivity contribution in [3.8, 4) is 11.5 Å². The first-order valence-corrected chi connectivity index (χ1v) is 22.7. The predicted octanol–water partition coefficient (Wildman–Crippen LogP) is 4.69. The number of rotatable bonds is 23. The molecule has 2 amide bonds. The molecule has 2 unspecified atom stereocenters. The molecule has 0 spiro atoms. The van der Waals surface area contributed by atoms with Gasteiger partial charge in [0.1, 0.15) is 11.5 Å². The van der Waals surface area contributed by atoms with Crippen molar-refractivity contribution in [3.05, 3.63) is 76.9 Å². The lowest BCUT2D eigenvalue weighted by atomic mass is 10.0. The molecule has 326 valence electrons. The molecule has 0 fully saturated rings. The second-order valence-corrected chi connectivity index (χ2v) is 18.0. The van der Waals surface area contributed by atoms with Crippen LogP contribution in [0.15, 0.2) is 54.6 Å². The number of para-hydroxylation sites is 1. The number of hydrogen-bond donors (Lipinski definition) is 5. The fourth-order valence-electron chi connectivity index (χ4n) is 7.13. The van der Waals surface area contributed by atoms with Crippen LogP contribution in [0.3, 0.4) is 0 Å². The van der Waals surface area contributed by atoms with Gasteiger partial charge in [-0.15, -0.1) is 0 Å². The number of nitrogens with one attached hydrogen (secondary N) is 2. The molecule has 1 heterocycles. The van der Waals surface area contributed by atoms with Gasteiger partial charge in [-0.3, -0.25) is 18.9 Å². The van der Waals surface area contributed by atoms with E-state index in [0.29, 0.717) is 76.8 Å². The third kappa shape index (κ3) is 14.0. The van der Waals surface area contributed by atoms with Crippen molar-refractivity contribution in [2.45, 2.75) is 78.9 Å². The molecule has 60 heavy (non-hydrogen) atoms. The number of aliphatic carboxylic acids is 1. The van der Waals surface area contributed by atoms with Gasteiger partial charge in [0.2, 0.25) is 16.9 Å². The number of ether oxygens (including phenoxy) is 2. The van der Waals surface area contributed by atoms with Gasteiger partial charge in [-0.05, 0) is 75.6 Å². The zero-order valence-electron chi connectivity index (χ0n) is 34.7. The number of hydrogen-bond acceptors (Lipinski definition) is 9. The van der Waals surface area contributed by atoms with Crippen LogP contribution >= 0.6 is 0 Å². The summed E-state index contributed by atoms with van der Waals surface area (Å²) in [6.45, 7) is 8.79. The maximum absolute atomic E-state index is 14.4. The van der Waals surface area contributed by atoms with Gasteiger partial charge in [0.25, 0.3) is 16.0 Å². The maximum Gasteiger partial charge on any atom is 0.345 e. The van der Waals surface area contributed by atoms with Gasteiger partial charge in [-0.25, -0.2) is 9.00 Å². The van der Waals surface area contributed by atoms with Crippen LogP contribution in [0.5, 0.6) is 11.5 Å². The van der Waals surface area contributed by atoms with Crippen molar-refractivity contribution in [3.63, 3.8) is 0 Å². The smallest absolute Gasteiger partial charge is 0.345 e.